The van der Waals surface area contributed by atoms with E-state index in [0.717, 1.165) is 25.7 Å². The van der Waals surface area contributed by atoms with Crippen molar-refractivity contribution < 1.29 is 19.1 Å². The molecule has 0 atom stereocenters. The lowest BCUT2D eigenvalue weighted by atomic mass is 9.80. The number of hydrogen-bond acceptors (Lipinski definition) is 5. The number of nitrogens with one attached hydrogen (secondary N) is 1. The molecule has 1 aliphatic rings. The molecule has 1 aromatic heterocycles. The maximum absolute atomic E-state index is 12.1. The van der Waals surface area contributed by atoms with Gasteiger partial charge in [-0.3, -0.25) is 14.4 Å². The van der Waals surface area contributed by atoms with Crippen molar-refractivity contribution >= 4 is 34.9 Å². The fourth-order valence-electron chi connectivity index (χ4n) is 2.90. The molecule has 0 bridgehead atoms. The lowest BCUT2D eigenvalue weighted by Gasteiger charge is -2.24. The topological polar surface area (TPSA) is 85.4 Å². The summed E-state index contributed by atoms with van der Waals surface area (Å²) in [4.78, 5) is 39.4. The van der Waals surface area contributed by atoms with Crippen LogP contribution in [0.25, 0.3) is 0 Å². The molecule has 1 fully saturated rings. The quantitative estimate of drug-likeness (QED) is 0.590. The fourth-order valence-corrected chi connectivity index (χ4v) is 3.06. The largest absolute Gasteiger partial charge is 0.456 e. The molecular weight excluding hydrogens is 344 g/mol. The van der Waals surface area contributed by atoms with E-state index in [1.54, 1.807) is 12.1 Å². The number of halogens is 1. The van der Waals surface area contributed by atoms with Crippen molar-refractivity contribution in [3.63, 3.8) is 0 Å². The highest BCUT2D eigenvalue weighted by molar-refractivity contribution is 6.32. The van der Waals surface area contributed by atoms with E-state index in [0.29, 0.717) is 11.6 Å². The molecule has 0 radical (unpaired) electrons. The highest BCUT2D eigenvalue weighted by atomic mass is 35.5. The van der Waals surface area contributed by atoms with Crippen LogP contribution in [0.5, 0.6) is 0 Å². The van der Waals surface area contributed by atoms with E-state index in [2.05, 4.69) is 17.2 Å². The molecule has 1 aromatic rings. The number of Topliss-reactive ketones (excluding diaryl/α,β-unsaturated/α-hetero) is 1. The second-order valence-corrected chi connectivity index (χ2v) is 6.83. The fraction of sp³-hybridized carbons (Fsp3) is 0.556. The molecule has 25 heavy (non-hydrogen) atoms. The van der Waals surface area contributed by atoms with Crippen LogP contribution in [0, 0.1) is 11.8 Å². The Kier molecular flexibility index (Phi) is 7.37. The second-order valence-electron chi connectivity index (χ2n) is 6.47. The Bertz CT molecular complexity index is 627. The maximum atomic E-state index is 12.1. The molecule has 6 nitrogen and oxygen atoms in total. The number of ether oxygens (including phenoxy) is 1. The normalized spacial score (nSPS) is 19.9. The molecule has 1 heterocycles. The van der Waals surface area contributed by atoms with E-state index in [1.807, 2.05) is 0 Å². The van der Waals surface area contributed by atoms with Crippen molar-refractivity contribution in [1.82, 2.24) is 4.98 Å². The Hall–Kier alpha value is -1.95. The van der Waals surface area contributed by atoms with Crippen LogP contribution in [0.4, 0.5) is 5.69 Å². The number of hydrogen-bond donors (Lipinski definition) is 1. The zero-order valence-corrected chi connectivity index (χ0v) is 15.1. The number of pyridine rings is 1. The number of carbonyl (C=O) groups is 3. The van der Waals surface area contributed by atoms with Crippen LogP contribution in [0.2, 0.25) is 5.15 Å². The Morgan fingerprint density at radius 3 is 2.64 bits per heavy atom. The van der Waals surface area contributed by atoms with Gasteiger partial charge in [0, 0.05) is 18.5 Å². The molecule has 1 saturated carbocycles. The van der Waals surface area contributed by atoms with Gasteiger partial charge >= 0.3 is 5.97 Å². The van der Waals surface area contributed by atoms with Gasteiger partial charge in [0.1, 0.15) is 5.78 Å². The van der Waals surface area contributed by atoms with Gasteiger partial charge in [0.25, 0.3) is 5.91 Å². The summed E-state index contributed by atoms with van der Waals surface area (Å²) < 4.78 is 4.90. The third-order valence-electron chi connectivity index (χ3n) is 4.44. The number of esters is 1. The Morgan fingerprint density at radius 1 is 1.24 bits per heavy atom. The average molecular weight is 367 g/mol. The number of aromatic nitrogens is 1. The van der Waals surface area contributed by atoms with E-state index < -0.39 is 18.5 Å². The molecule has 136 valence electrons. The molecule has 0 saturated heterocycles. The lowest BCUT2D eigenvalue weighted by Crippen LogP contribution is -2.23. The molecule has 7 heteroatoms. The first-order valence-electron chi connectivity index (χ1n) is 8.54. The monoisotopic (exact) mass is 366 g/mol. The van der Waals surface area contributed by atoms with Crippen LogP contribution >= 0.6 is 11.6 Å². The first-order valence-corrected chi connectivity index (χ1v) is 8.92. The molecule has 0 aliphatic heterocycles. The minimum atomic E-state index is -0.551. The molecule has 0 spiro atoms. The predicted octanol–water partition coefficient (Wildman–Crippen LogP) is 3.39. The van der Waals surface area contributed by atoms with Gasteiger partial charge in [0.15, 0.2) is 11.8 Å². The Morgan fingerprint density at radius 2 is 1.96 bits per heavy atom. The van der Waals surface area contributed by atoms with E-state index in [9.17, 15) is 14.4 Å². The van der Waals surface area contributed by atoms with E-state index in [4.69, 9.17) is 16.3 Å². The zero-order chi connectivity index (χ0) is 18.2. The van der Waals surface area contributed by atoms with Crippen molar-refractivity contribution in [2.45, 2.75) is 45.4 Å². The third kappa shape index (κ3) is 6.46. The van der Waals surface area contributed by atoms with Crippen LogP contribution < -0.4 is 5.32 Å². The molecule has 1 aliphatic carbocycles. The van der Waals surface area contributed by atoms with Crippen LogP contribution in [-0.2, 0) is 19.1 Å². The van der Waals surface area contributed by atoms with Crippen LogP contribution in [-0.4, -0.2) is 29.3 Å². The number of anilines is 1. The molecular formula is C18H23ClN2O4. The van der Waals surface area contributed by atoms with Gasteiger partial charge < -0.3 is 10.1 Å². The summed E-state index contributed by atoms with van der Waals surface area (Å²) in [6.45, 7) is 1.78. The molecule has 1 N–H and O–H groups in total. The van der Waals surface area contributed by atoms with Gasteiger partial charge in [-0.25, -0.2) is 4.98 Å². The third-order valence-corrected chi connectivity index (χ3v) is 4.75. The van der Waals surface area contributed by atoms with Gasteiger partial charge in [-0.05, 0) is 30.9 Å². The summed E-state index contributed by atoms with van der Waals surface area (Å²) in [7, 11) is 0. The van der Waals surface area contributed by atoms with Gasteiger partial charge in [-0.2, -0.15) is 0 Å². The number of amides is 1. The minimum absolute atomic E-state index is 0.00577. The number of nitrogens with zero attached hydrogens (tertiary/aromatic N) is 1. The second kappa shape index (κ2) is 9.51. The first-order chi connectivity index (χ1) is 12.0. The average Bonchev–Trinajstić information content (AvgIpc) is 2.60. The Balaban J connectivity index is 1.66. The maximum Gasteiger partial charge on any atom is 0.306 e. The smallest absolute Gasteiger partial charge is 0.306 e. The van der Waals surface area contributed by atoms with Gasteiger partial charge in [0.05, 0.1) is 12.1 Å². The molecule has 1 amide bonds. The minimum Gasteiger partial charge on any atom is -0.456 e. The summed E-state index contributed by atoms with van der Waals surface area (Å²) in [6, 6.07) is 3.23. The zero-order valence-electron chi connectivity index (χ0n) is 14.3. The van der Waals surface area contributed by atoms with Crippen molar-refractivity contribution in [3.8, 4) is 0 Å². The Labute approximate surface area is 152 Å². The van der Waals surface area contributed by atoms with Crippen molar-refractivity contribution in [2.24, 2.45) is 11.8 Å². The van der Waals surface area contributed by atoms with Crippen LogP contribution in [0.3, 0.4) is 0 Å². The SMILES string of the molecule is CC1CCC(C(=O)CCC(=O)OCC(=O)Nc2cccnc2Cl)CC1. The summed E-state index contributed by atoms with van der Waals surface area (Å²) in [5.74, 6) is -0.183. The number of ketones is 1. The van der Waals surface area contributed by atoms with E-state index >= 15 is 0 Å². The van der Waals surface area contributed by atoms with E-state index in [1.165, 1.54) is 6.20 Å². The van der Waals surface area contributed by atoms with Gasteiger partial charge in [-0.15, -0.1) is 0 Å². The predicted molar refractivity (Wildman–Crippen MR) is 94.2 cm³/mol. The highest BCUT2D eigenvalue weighted by Gasteiger charge is 2.24. The van der Waals surface area contributed by atoms with Crippen LogP contribution in [0.15, 0.2) is 18.3 Å². The standard InChI is InChI=1S/C18H23ClN2O4/c1-12-4-6-13(7-5-12)15(22)8-9-17(24)25-11-16(23)21-14-3-2-10-20-18(14)19/h2-3,10,12-13H,4-9,11H2,1H3,(H,21,23). The highest BCUT2D eigenvalue weighted by Crippen LogP contribution is 2.29. The number of rotatable bonds is 7. The van der Waals surface area contributed by atoms with Gasteiger partial charge in [0.2, 0.25) is 0 Å². The summed E-state index contributed by atoms with van der Waals surface area (Å²) in [5.41, 5.74) is 0.354. The molecule has 0 unspecified atom stereocenters. The first kappa shape index (κ1) is 19.4. The van der Waals surface area contributed by atoms with Crippen molar-refractivity contribution in [2.75, 3.05) is 11.9 Å². The van der Waals surface area contributed by atoms with Crippen molar-refractivity contribution in [3.05, 3.63) is 23.5 Å². The summed E-state index contributed by atoms with van der Waals surface area (Å²) >= 11 is 5.83. The molecule has 2 rings (SSSR count). The lowest BCUT2D eigenvalue weighted by molar-refractivity contribution is -0.148. The summed E-state index contributed by atoms with van der Waals surface area (Å²) in [5, 5.41) is 2.67. The van der Waals surface area contributed by atoms with Gasteiger partial charge in [-0.1, -0.05) is 31.4 Å². The number of carbonyl (C=O) groups excluding carboxylic acids is 3. The van der Waals surface area contributed by atoms with Crippen LogP contribution in [0.1, 0.15) is 45.4 Å². The summed E-state index contributed by atoms with van der Waals surface area (Å²) in [6.07, 6.45) is 5.63. The van der Waals surface area contributed by atoms with E-state index in [-0.39, 0.29) is 29.7 Å². The molecule has 0 aromatic carbocycles. The van der Waals surface area contributed by atoms with Crippen molar-refractivity contribution in [1.29, 1.82) is 0 Å².